The molecule has 3 aromatic carbocycles. The van der Waals surface area contributed by atoms with Crippen LogP contribution in [0.2, 0.25) is 0 Å². The maximum atomic E-state index is 6.14. The van der Waals surface area contributed by atoms with Gasteiger partial charge < -0.3 is 0 Å². The van der Waals surface area contributed by atoms with Gasteiger partial charge in [-0.25, -0.2) is 4.98 Å². The summed E-state index contributed by atoms with van der Waals surface area (Å²) in [5.74, 6) is 5.71. The average Bonchev–Trinajstić information content (AvgIpc) is 3.39. The van der Waals surface area contributed by atoms with Crippen LogP contribution in [0.3, 0.4) is 0 Å². The van der Waals surface area contributed by atoms with Crippen molar-refractivity contribution < 1.29 is 0 Å². The Morgan fingerprint density at radius 2 is 0.979 bits per heavy atom. The number of aromatic nitrogens is 2. The van der Waals surface area contributed by atoms with E-state index in [-0.39, 0.29) is 0 Å². The van der Waals surface area contributed by atoms with Crippen molar-refractivity contribution in [2.24, 2.45) is 35.5 Å². The predicted octanol–water partition coefficient (Wildman–Crippen LogP) is 11.2. The maximum Gasteiger partial charge on any atom is 0.138 e. The fraction of sp³-hybridized carbons (Fsp3) is 0.523. The summed E-state index contributed by atoms with van der Waals surface area (Å²) in [6.07, 6.45) is 17.9. The van der Waals surface area contributed by atoms with E-state index in [4.69, 9.17) is 4.98 Å². The highest BCUT2D eigenvalue weighted by molar-refractivity contribution is 7.68. The first-order valence-electron chi connectivity index (χ1n) is 19.0. The van der Waals surface area contributed by atoms with E-state index in [1.54, 1.807) is 0 Å². The van der Waals surface area contributed by atoms with Crippen molar-refractivity contribution in [3.63, 3.8) is 0 Å². The molecule has 47 heavy (non-hydrogen) atoms. The van der Waals surface area contributed by atoms with Gasteiger partial charge in [0.05, 0.1) is 17.1 Å². The van der Waals surface area contributed by atoms with Crippen LogP contribution in [0.5, 0.6) is 0 Å². The van der Waals surface area contributed by atoms with Gasteiger partial charge in [-0.3, -0.25) is 4.57 Å². The van der Waals surface area contributed by atoms with E-state index in [9.17, 15) is 0 Å². The molecule has 0 atom stereocenters. The molecule has 0 amide bonds. The highest BCUT2D eigenvalue weighted by atomic mass is 31.1. The highest BCUT2D eigenvalue weighted by Gasteiger charge is 2.64. The molecule has 1 aromatic heterocycles. The van der Waals surface area contributed by atoms with Gasteiger partial charge in [-0.2, -0.15) is 0 Å². The lowest BCUT2D eigenvalue weighted by molar-refractivity contribution is 0.0194. The van der Waals surface area contributed by atoms with Crippen molar-refractivity contribution in [1.29, 1.82) is 0 Å². The Bertz CT molecular complexity index is 1700. The zero-order valence-electron chi connectivity index (χ0n) is 28.7. The molecule has 242 valence electrons. The first-order valence-corrected chi connectivity index (χ1v) is 20.3. The van der Waals surface area contributed by atoms with E-state index < -0.39 is 7.92 Å². The first-order chi connectivity index (χ1) is 22.9. The van der Waals surface area contributed by atoms with E-state index in [1.165, 1.54) is 128 Å². The molecular weight excluding hydrogens is 587 g/mol. The van der Waals surface area contributed by atoms with Crippen molar-refractivity contribution in [2.75, 3.05) is 0 Å². The Morgan fingerprint density at radius 3 is 1.40 bits per heavy atom. The molecule has 12 rings (SSSR count). The maximum absolute atomic E-state index is 6.14. The third kappa shape index (κ3) is 4.56. The van der Waals surface area contributed by atoms with Crippen LogP contribution in [-0.4, -0.2) is 19.9 Å². The predicted molar refractivity (Wildman–Crippen MR) is 197 cm³/mol. The highest BCUT2D eigenvalue weighted by Crippen LogP contribution is 2.78. The lowest BCUT2D eigenvalue weighted by atomic mass is 9.55. The summed E-state index contributed by atoms with van der Waals surface area (Å²) in [7, 11) is -0.505. The monoisotopic (exact) mass is 638 g/mol. The average molecular weight is 639 g/mol. The Labute approximate surface area is 283 Å². The summed E-state index contributed by atoms with van der Waals surface area (Å²) >= 11 is 0. The van der Waals surface area contributed by atoms with Gasteiger partial charge in [-0.15, -0.1) is 0 Å². The van der Waals surface area contributed by atoms with Gasteiger partial charge in [-0.1, -0.05) is 78.4 Å². The number of aryl methyl sites for hydroxylation is 3. The fourth-order valence-electron chi connectivity index (χ4n) is 13.6. The molecule has 0 N–H and O–H groups in total. The summed E-state index contributed by atoms with van der Waals surface area (Å²) in [4.78, 5) is 6.14. The van der Waals surface area contributed by atoms with Crippen molar-refractivity contribution in [3.8, 4) is 28.2 Å². The SMILES string of the molecule is Cc1cc(C)c(-n2c(P(C34CC5CC(CC(C5)C3)C4)C34CC5CC(CC(C5)C3)C4)nc(-c3ccccc3)c2-c2ccccc2)c(C)c1. The standard InChI is InChI=1S/C44H51N2P/c1-28-14-29(2)40(30(3)15-28)46-41(38-12-8-5-9-13-38)39(37-10-6-4-7-11-37)45-42(46)47(43-22-31-16-32(23-43)18-33(17-31)24-43)44-25-34-19-35(26-44)21-36(20-34)27-44/h4-15,31-36H,16-27H2,1-3H3. The van der Waals surface area contributed by atoms with Crippen LogP contribution in [0.25, 0.3) is 28.2 Å². The first kappa shape index (κ1) is 29.2. The van der Waals surface area contributed by atoms with Gasteiger partial charge in [0, 0.05) is 11.1 Å². The number of hydrogen-bond donors (Lipinski definition) is 0. The lowest BCUT2D eigenvalue weighted by Gasteiger charge is -2.67. The summed E-state index contributed by atoms with van der Waals surface area (Å²) in [5.41, 5.74) is 12.1. The Morgan fingerprint density at radius 1 is 0.574 bits per heavy atom. The summed E-state index contributed by atoms with van der Waals surface area (Å²) in [6.45, 7) is 7.01. The molecule has 0 unspecified atom stereocenters. The van der Waals surface area contributed by atoms with Crippen LogP contribution in [0.15, 0.2) is 72.8 Å². The molecule has 3 heteroatoms. The smallest absolute Gasteiger partial charge is 0.138 e. The molecule has 0 radical (unpaired) electrons. The Hall–Kier alpha value is -2.70. The van der Waals surface area contributed by atoms with Gasteiger partial charge in [-0.05, 0) is 163 Å². The molecule has 4 aromatic rings. The molecule has 8 bridgehead atoms. The number of benzene rings is 3. The van der Waals surface area contributed by atoms with Gasteiger partial charge >= 0.3 is 0 Å². The summed E-state index contributed by atoms with van der Waals surface area (Å²) in [5, 5.41) is 0.903. The van der Waals surface area contributed by atoms with Crippen molar-refractivity contribution >= 4 is 13.5 Å². The number of rotatable bonds is 6. The van der Waals surface area contributed by atoms with Crippen molar-refractivity contribution in [2.45, 2.75) is 108 Å². The Kier molecular flexibility index (Phi) is 6.62. The minimum absolute atomic E-state index is 0.452. The third-order valence-electron chi connectivity index (χ3n) is 14.0. The van der Waals surface area contributed by atoms with Crippen molar-refractivity contribution in [1.82, 2.24) is 9.55 Å². The van der Waals surface area contributed by atoms with E-state index >= 15 is 0 Å². The van der Waals surface area contributed by atoms with E-state index in [0.29, 0.717) is 10.3 Å². The van der Waals surface area contributed by atoms with Crippen LogP contribution in [0.4, 0.5) is 0 Å². The fourth-order valence-corrected chi connectivity index (χ4v) is 18.7. The van der Waals surface area contributed by atoms with Gasteiger partial charge in [0.25, 0.3) is 0 Å². The minimum atomic E-state index is -0.505. The second-order valence-corrected chi connectivity index (χ2v) is 20.5. The van der Waals surface area contributed by atoms with E-state index in [1.807, 2.05) is 0 Å². The molecule has 8 aliphatic rings. The van der Waals surface area contributed by atoms with E-state index in [2.05, 4.69) is 98.1 Å². The number of nitrogens with zero attached hydrogens (tertiary/aromatic N) is 2. The molecule has 8 fully saturated rings. The summed E-state index contributed by atoms with van der Waals surface area (Å²) in [6, 6.07) is 27.4. The molecule has 1 heterocycles. The van der Waals surface area contributed by atoms with Gasteiger partial charge in [0.15, 0.2) is 0 Å². The van der Waals surface area contributed by atoms with Crippen molar-refractivity contribution in [3.05, 3.63) is 89.5 Å². The third-order valence-corrected chi connectivity index (χ3v) is 17.7. The topological polar surface area (TPSA) is 17.8 Å². The lowest BCUT2D eigenvalue weighted by Crippen LogP contribution is -2.58. The van der Waals surface area contributed by atoms with Crippen LogP contribution in [0.1, 0.15) is 93.7 Å². The van der Waals surface area contributed by atoms with Crippen LogP contribution < -0.4 is 5.57 Å². The molecule has 0 spiro atoms. The largest absolute Gasteiger partial charge is 0.291 e. The zero-order chi connectivity index (χ0) is 31.5. The second-order valence-electron chi connectivity index (χ2n) is 17.5. The molecule has 2 nitrogen and oxygen atoms in total. The minimum Gasteiger partial charge on any atom is -0.291 e. The zero-order valence-corrected chi connectivity index (χ0v) is 29.6. The molecule has 8 saturated carbocycles. The molecular formula is C44H51N2P. The van der Waals surface area contributed by atoms with Gasteiger partial charge in [0.1, 0.15) is 5.57 Å². The quantitative estimate of drug-likeness (QED) is 0.192. The van der Waals surface area contributed by atoms with E-state index in [0.717, 1.165) is 35.5 Å². The van der Waals surface area contributed by atoms with Crippen LogP contribution >= 0.6 is 7.92 Å². The van der Waals surface area contributed by atoms with Gasteiger partial charge in [0.2, 0.25) is 0 Å². The number of hydrogen-bond acceptors (Lipinski definition) is 1. The summed E-state index contributed by atoms with van der Waals surface area (Å²) < 4.78 is 2.81. The van der Waals surface area contributed by atoms with Crippen LogP contribution in [0, 0.1) is 56.3 Å². The molecule has 0 aliphatic heterocycles. The number of imidazole rings is 1. The molecule has 0 saturated heterocycles. The van der Waals surface area contributed by atoms with Crippen LogP contribution in [-0.2, 0) is 0 Å². The second kappa shape index (κ2) is 10.6. The Balaban J connectivity index is 1.30. The molecule has 8 aliphatic carbocycles. The normalized spacial score (nSPS) is 35.5.